The first-order valence-electron chi connectivity index (χ1n) is 8.64. The lowest BCUT2D eigenvalue weighted by molar-refractivity contribution is -0.151. The third-order valence-electron chi connectivity index (χ3n) is 4.45. The maximum absolute atomic E-state index is 12.3. The van der Waals surface area contributed by atoms with Crippen molar-refractivity contribution in [1.29, 1.82) is 0 Å². The number of carbonyl (C=O) groups excluding carboxylic acids is 2. The fourth-order valence-corrected chi connectivity index (χ4v) is 3.99. The standard InChI is InChI=1S/C18H23N3O3S/c1-11-7-8-20-14-9-15(25-16(11)14)17(22)21-10-13(19)18(23)24-12-5-3-2-4-6-12/h7-9,12-13H,2-6,10,19H2,1H3,(H,21,22)/t13-/m1/s1. The Kier molecular flexibility index (Phi) is 5.65. The van der Waals surface area contributed by atoms with Crippen LogP contribution >= 0.6 is 11.3 Å². The highest BCUT2D eigenvalue weighted by atomic mass is 32.1. The number of nitrogens with one attached hydrogen (secondary N) is 1. The SMILES string of the molecule is Cc1ccnc2cc(C(=O)NC[C@@H](N)C(=O)OC3CCCCC3)sc12. The van der Waals surface area contributed by atoms with Crippen molar-refractivity contribution >= 4 is 33.4 Å². The van der Waals surface area contributed by atoms with Crippen LogP contribution in [0.15, 0.2) is 18.3 Å². The Labute approximate surface area is 150 Å². The number of pyridine rings is 1. The van der Waals surface area contributed by atoms with E-state index in [0.29, 0.717) is 4.88 Å². The normalized spacial score (nSPS) is 16.6. The number of amides is 1. The molecule has 3 N–H and O–H groups in total. The van der Waals surface area contributed by atoms with Crippen LogP contribution in [0, 0.1) is 6.92 Å². The van der Waals surface area contributed by atoms with Crippen molar-refractivity contribution in [2.75, 3.05) is 6.54 Å². The molecule has 0 unspecified atom stereocenters. The minimum Gasteiger partial charge on any atom is -0.461 e. The zero-order valence-electron chi connectivity index (χ0n) is 14.3. The van der Waals surface area contributed by atoms with Crippen molar-refractivity contribution in [2.24, 2.45) is 5.73 Å². The van der Waals surface area contributed by atoms with Crippen LogP contribution in [0.2, 0.25) is 0 Å². The monoisotopic (exact) mass is 361 g/mol. The molecule has 2 aromatic rings. The molecule has 6 nitrogen and oxygen atoms in total. The van der Waals surface area contributed by atoms with Gasteiger partial charge >= 0.3 is 5.97 Å². The number of ether oxygens (including phenoxy) is 1. The van der Waals surface area contributed by atoms with Crippen LogP contribution in [0.4, 0.5) is 0 Å². The van der Waals surface area contributed by atoms with Gasteiger partial charge in [0, 0.05) is 12.7 Å². The van der Waals surface area contributed by atoms with Gasteiger partial charge in [0.1, 0.15) is 12.1 Å². The van der Waals surface area contributed by atoms with Crippen LogP contribution in [0.25, 0.3) is 10.2 Å². The highest BCUT2D eigenvalue weighted by molar-refractivity contribution is 7.21. The summed E-state index contributed by atoms with van der Waals surface area (Å²) in [7, 11) is 0. The molecule has 2 heterocycles. The lowest BCUT2D eigenvalue weighted by Gasteiger charge is -2.23. The van der Waals surface area contributed by atoms with E-state index in [1.807, 2.05) is 13.0 Å². The van der Waals surface area contributed by atoms with Gasteiger partial charge in [0.05, 0.1) is 15.1 Å². The van der Waals surface area contributed by atoms with E-state index in [0.717, 1.165) is 41.5 Å². The highest BCUT2D eigenvalue weighted by Gasteiger charge is 2.23. The minimum atomic E-state index is -0.847. The Morgan fingerprint density at radius 1 is 1.40 bits per heavy atom. The number of hydrogen-bond donors (Lipinski definition) is 2. The quantitative estimate of drug-likeness (QED) is 0.798. The number of fused-ring (bicyclic) bond motifs is 1. The second-order valence-corrected chi connectivity index (χ2v) is 7.52. The van der Waals surface area contributed by atoms with Crippen molar-refractivity contribution < 1.29 is 14.3 Å². The van der Waals surface area contributed by atoms with Crippen LogP contribution in [0.3, 0.4) is 0 Å². The van der Waals surface area contributed by atoms with Crippen molar-refractivity contribution in [1.82, 2.24) is 10.3 Å². The number of thiophene rings is 1. The number of aromatic nitrogens is 1. The number of nitrogens with two attached hydrogens (primary N) is 1. The molecule has 1 fully saturated rings. The van der Waals surface area contributed by atoms with Crippen molar-refractivity contribution in [3.05, 3.63) is 28.8 Å². The first-order chi connectivity index (χ1) is 12.0. The van der Waals surface area contributed by atoms with Gasteiger partial charge in [-0.3, -0.25) is 14.6 Å². The number of hydrogen-bond acceptors (Lipinski definition) is 6. The summed E-state index contributed by atoms with van der Waals surface area (Å²) < 4.78 is 6.43. The molecule has 0 spiro atoms. The molecule has 3 rings (SSSR count). The van der Waals surface area contributed by atoms with Crippen molar-refractivity contribution in [3.63, 3.8) is 0 Å². The molecule has 1 saturated carbocycles. The van der Waals surface area contributed by atoms with Crippen LogP contribution < -0.4 is 11.1 Å². The summed E-state index contributed by atoms with van der Waals surface area (Å²) in [6.45, 7) is 2.05. The molecule has 0 aliphatic heterocycles. The smallest absolute Gasteiger partial charge is 0.325 e. The maximum atomic E-state index is 12.3. The predicted molar refractivity (Wildman–Crippen MR) is 97.6 cm³/mol. The molecule has 25 heavy (non-hydrogen) atoms. The molecule has 0 radical (unpaired) electrons. The molecule has 0 aromatic carbocycles. The van der Waals surface area contributed by atoms with Gasteiger partial charge in [0.2, 0.25) is 0 Å². The molecule has 2 aromatic heterocycles. The van der Waals surface area contributed by atoms with E-state index in [1.165, 1.54) is 17.8 Å². The number of carbonyl (C=O) groups is 2. The molecule has 1 amide bonds. The first kappa shape index (κ1) is 17.8. The van der Waals surface area contributed by atoms with Crippen molar-refractivity contribution in [2.45, 2.75) is 51.2 Å². The van der Waals surface area contributed by atoms with Crippen LogP contribution in [0.5, 0.6) is 0 Å². The van der Waals surface area contributed by atoms with Crippen LogP contribution in [-0.4, -0.2) is 35.6 Å². The topological polar surface area (TPSA) is 94.3 Å². The van der Waals surface area contributed by atoms with Gasteiger partial charge in [-0.05, 0) is 50.3 Å². The molecular formula is C18H23N3O3S. The van der Waals surface area contributed by atoms with E-state index < -0.39 is 12.0 Å². The maximum Gasteiger partial charge on any atom is 0.325 e. The summed E-state index contributed by atoms with van der Waals surface area (Å²) in [5.74, 6) is -0.690. The summed E-state index contributed by atoms with van der Waals surface area (Å²) in [4.78, 5) is 29.2. The molecule has 0 bridgehead atoms. The summed E-state index contributed by atoms with van der Waals surface area (Å²) in [5.41, 5.74) is 7.75. The zero-order valence-corrected chi connectivity index (χ0v) is 15.1. The van der Waals surface area contributed by atoms with Gasteiger partial charge in [0.25, 0.3) is 5.91 Å². The van der Waals surface area contributed by atoms with Crippen molar-refractivity contribution in [3.8, 4) is 0 Å². The number of rotatable bonds is 5. The Balaban J connectivity index is 1.53. The van der Waals surface area contributed by atoms with Gasteiger partial charge in [-0.15, -0.1) is 11.3 Å². The van der Waals surface area contributed by atoms with Crippen LogP contribution in [-0.2, 0) is 9.53 Å². The van der Waals surface area contributed by atoms with E-state index in [1.54, 1.807) is 12.3 Å². The Bertz CT molecular complexity index is 768. The fourth-order valence-electron chi connectivity index (χ4n) is 2.98. The van der Waals surface area contributed by atoms with Gasteiger partial charge < -0.3 is 15.8 Å². The Morgan fingerprint density at radius 2 is 2.16 bits per heavy atom. The largest absolute Gasteiger partial charge is 0.461 e. The molecule has 134 valence electrons. The predicted octanol–water partition coefficient (Wildman–Crippen LogP) is 2.54. The van der Waals surface area contributed by atoms with Gasteiger partial charge in [0.15, 0.2) is 0 Å². The molecule has 1 atom stereocenters. The number of esters is 1. The van der Waals surface area contributed by atoms with Gasteiger partial charge in [-0.25, -0.2) is 0 Å². The second-order valence-electron chi connectivity index (χ2n) is 6.47. The second kappa shape index (κ2) is 7.93. The molecule has 1 aliphatic rings. The third kappa shape index (κ3) is 4.35. The van der Waals surface area contributed by atoms with E-state index in [2.05, 4.69) is 10.3 Å². The summed E-state index contributed by atoms with van der Waals surface area (Å²) in [6, 6.07) is 2.83. The third-order valence-corrected chi connectivity index (χ3v) is 5.71. The molecule has 1 aliphatic carbocycles. The van der Waals surface area contributed by atoms with E-state index >= 15 is 0 Å². The summed E-state index contributed by atoms with van der Waals surface area (Å²) in [6.07, 6.45) is 6.87. The summed E-state index contributed by atoms with van der Waals surface area (Å²) >= 11 is 1.39. The Hall–Kier alpha value is -1.99. The minimum absolute atomic E-state index is 0.0281. The van der Waals surface area contributed by atoms with Gasteiger partial charge in [-0.1, -0.05) is 6.42 Å². The zero-order chi connectivity index (χ0) is 17.8. The molecule has 0 saturated heterocycles. The Morgan fingerprint density at radius 3 is 2.88 bits per heavy atom. The summed E-state index contributed by atoms with van der Waals surface area (Å²) in [5, 5.41) is 2.72. The van der Waals surface area contributed by atoms with E-state index in [-0.39, 0.29) is 18.6 Å². The number of nitrogens with zero attached hydrogens (tertiary/aromatic N) is 1. The number of aryl methyl sites for hydroxylation is 1. The lowest BCUT2D eigenvalue weighted by Crippen LogP contribution is -2.44. The molecular weight excluding hydrogens is 338 g/mol. The van der Waals surface area contributed by atoms with E-state index in [4.69, 9.17) is 10.5 Å². The molecule has 7 heteroatoms. The average Bonchev–Trinajstić information content (AvgIpc) is 3.06. The fraction of sp³-hybridized carbons (Fsp3) is 0.500. The lowest BCUT2D eigenvalue weighted by atomic mass is 9.98. The van der Waals surface area contributed by atoms with Crippen LogP contribution in [0.1, 0.15) is 47.3 Å². The average molecular weight is 361 g/mol. The van der Waals surface area contributed by atoms with E-state index in [9.17, 15) is 9.59 Å². The first-order valence-corrected chi connectivity index (χ1v) is 9.45. The van der Waals surface area contributed by atoms with Gasteiger partial charge in [-0.2, -0.15) is 0 Å². The highest BCUT2D eigenvalue weighted by Crippen LogP contribution is 2.26.